The van der Waals surface area contributed by atoms with Gasteiger partial charge in [0, 0.05) is 26.8 Å². The van der Waals surface area contributed by atoms with E-state index < -0.39 is 0 Å². The topological polar surface area (TPSA) is 54.2 Å². The maximum Gasteiger partial charge on any atom is 0.191 e. The smallest absolute Gasteiger partial charge is 0.191 e. The minimum atomic E-state index is 0. The molecule has 1 aliphatic rings. The number of guanidine groups is 1. The molecule has 0 saturated heterocycles. The zero-order valence-electron chi connectivity index (χ0n) is 13.3. The van der Waals surface area contributed by atoms with E-state index >= 15 is 0 Å². The van der Waals surface area contributed by atoms with Crippen LogP contribution in [0.25, 0.3) is 0 Å². The van der Waals surface area contributed by atoms with Crippen LogP contribution in [0.5, 0.6) is 0 Å². The molecule has 1 aliphatic carbocycles. The average molecular weight is 405 g/mol. The van der Waals surface area contributed by atoms with Crippen LogP contribution in [0.15, 0.2) is 17.3 Å². The number of nitrogens with zero attached hydrogens (tertiary/aromatic N) is 3. The lowest BCUT2D eigenvalue weighted by Crippen LogP contribution is -2.40. The van der Waals surface area contributed by atoms with Crippen molar-refractivity contribution in [2.45, 2.75) is 39.2 Å². The van der Waals surface area contributed by atoms with E-state index in [0.29, 0.717) is 0 Å². The molecule has 0 spiro atoms. The van der Waals surface area contributed by atoms with Crippen LogP contribution in [-0.2, 0) is 13.6 Å². The minimum absolute atomic E-state index is 0. The molecular formula is C15H28IN5. The molecule has 1 saturated carbocycles. The lowest BCUT2D eigenvalue weighted by atomic mass is 9.83. The Labute approximate surface area is 145 Å². The molecule has 21 heavy (non-hydrogen) atoms. The van der Waals surface area contributed by atoms with Gasteiger partial charge in [-0.1, -0.05) is 19.8 Å². The van der Waals surface area contributed by atoms with Gasteiger partial charge in [0.15, 0.2) is 5.96 Å². The SMILES string of the molecule is CN=C(NCc1ccnn1C)NCC1CCC(C)CC1.I. The molecule has 0 bridgehead atoms. The van der Waals surface area contributed by atoms with Crippen LogP contribution in [0, 0.1) is 11.8 Å². The Morgan fingerprint density at radius 1 is 1.33 bits per heavy atom. The van der Waals surface area contributed by atoms with Crippen LogP contribution in [0.3, 0.4) is 0 Å². The standard InChI is InChI=1S/C15H27N5.HI/c1-12-4-6-13(7-5-12)10-17-15(16-2)18-11-14-8-9-19-20(14)3;/h8-9,12-13H,4-7,10-11H2,1-3H3,(H2,16,17,18);1H. The first-order valence-electron chi connectivity index (χ1n) is 7.60. The summed E-state index contributed by atoms with van der Waals surface area (Å²) in [5.74, 6) is 2.58. The van der Waals surface area contributed by atoms with Crippen molar-refractivity contribution in [2.24, 2.45) is 23.9 Å². The van der Waals surface area contributed by atoms with Crippen molar-refractivity contribution in [1.82, 2.24) is 20.4 Å². The molecule has 0 unspecified atom stereocenters. The van der Waals surface area contributed by atoms with Crippen LogP contribution in [0.2, 0.25) is 0 Å². The van der Waals surface area contributed by atoms with E-state index in [4.69, 9.17) is 0 Å². The predicted molar refractivity (Wildman–Crippen MR) is 97.9 cm³/mol. The van der Waals surface area contributed by atoms with Crippen molar-refractivity contribution in [3.05, 3.63) is 18.0 Å². The molecule has 120 valence electrons. The number of aliphatic imine (C=N–C) groups is 1. The Kier molecular flexibility index (Phi) is 8.06. The largest absolute Gasteiger partial charge is 0.356 e. The van der Waals surface area contributed by atoms with Crippen molar-refractivity contribution in [1.29, 1.82) is 0 Å². The van der Waals surface area contributed by atoms with Gasteiger partial charge in [0.2, 0.25) is 0 Å². The minimum Gasteiger partial charge on any atom is -0.356 e. The lowest BCUT2D eigenvalue weighted by molar-refractivity contribution is 0.289. The number of aryl methyl sites for hydroxylation is 1. The molecule has 2 rings (SSSR count). The molecule has 2 N–H and O–H groups in total. The molecule has 1 heterocycles. The summed E-state index contributed by atoms with van der Waals surface area (Å²) in [5.41, 5.74) is 1.15. The van der Waals surface area contributed by atoms with Crippen LogP contribution < -0.4 is 10.6 Å². The van der Waals surface area contributed by atoms with Gasteiger partial charge in [-0.25, -0.2) is 0 Å². The highest BCUT2D eigenvalue weighted by atomic mass is 127. The summed E-state index contributed by atoms with van der Waals surface area (Å²) in [4.78, 5) is 4.28. The molecule has 6 heteroatoms. The fourth-order valence-corrected chi connectivity index (χ4v) is 2.74. The number of halogens is 1. The molecule has 1 aromatic heterocycles. The van der Waals surface area contributed by atoms with Crippen molar-refractivity contribution >= 4 is 29.9 Å². The van der Waals surface area contributed by atoms with Crippen LogP contribution in [-0.4, -0.2) is 29.3 Å². The van der Waals surface area contributed by atoms with Gasteiger partial charge in [-0.2, -0.15) is 5.10 Å². The summed E-state index contributed by atoms with van der Waals surface area (Å²) in [7, 11) is 3.78. The molecular weight excluding hydrogens is 377 g/mol. The van der Waals surface area contributed by atoms with Gasteiger partial charge in [0.1, 0.15) is 0 Å². The second-order valence-electron chi connectivity index (χ2n) is 5.88. The maximum absolute atomic E-state index is 4.28. The lowest BCUT2D eigenvalue weighted by Gasteiger charge is -2.26. The first-order chi connectivity index (χ1) is 9.69. The molecule has 0 amide bonds. The van der Waals surface area contributed by atoms with E-state index in [0.717, 1.165) is 36.6 Å². The van der Waals surface area contributed by atoms with Crippen molar-refractivity contribution in [2.75, 3.05) is 13.6 Å². The Morgan fingerprint density at radius 3 is 2.62 bits per heavy atom. The third-order valence-corrected chi connectivity index (χ3v) is 4.28. The van der Waals surface area contributed by atoms with Gasteiger partial charge in [-0.3, -0.25) is 9.67 Å². The maximum atomic E-state index is 4.28. The van der Waals surface area contributed by atoms with Gasteiger partial charge < -0.3 is 10.6 Å². The Morgan fingerprint density at radius 2 is 2.05 bits per heavy atom. The fourth-order valence-electron chi connectivity index (χ4n) is 2.74. The highest BCUT2D eigenvalue weighted by molar-refractivity contribution is 14.0. The fraction of sp³-hybridized carbons (Fsp3) is 0.733. The van der Waals surface area contributed by atoms with E-state index in [2.05, 4.69) is 27.6 Å². The predicted octanol–water partition coefficient (Wildman–Crippen LogP) is 2.53. The Balaban J connectivity index is 0.00000220. The van der Waals surface area contributed by atoms with Gasteiger partial charge in [-0.05, 0) is 30.7 Å². The Bertz CT molecular complexity index is 435. The number of hydrogen-bond acceptors (Lipinski definition) is 2. The average Bonchev–Trinajstić information content (AvgIpc) is 2.86. The first-order valence-corrected chi connectivity index (χ1v) is 7.60. The van der Waals surface area contributed by atoms with Crippen molar-refractivity contribution < 1.29 is 0 Å². The molecule has 5 nitrogen and oxygen atoms in total. The first kappa shape index (κ1) is 18.3. The normalized spacial score (nSPS) is 22.5. The third-order valence-electron chi connectivity index (χ3n) is 4.28. The second-order valence-corrected chi connectivity index (χ2v) is 5.88. The van der Waals surface area contributed by atoms with Crippen LogP contribution >= 0.6 is 24.0 Å². The summed E-state index contributed by atoms with van der Waals surface area (Å²) in [6, 6.07) is 2.02. The number of aromatic nitrogens is 2. The number of nitrogens with one attached hydrogen (secondary N) is 2. The molecule has 0 aliphatic heterocycles. The summed E-state index contributed by atoms with van der Waals surface area (Å²) in [5, 5.41) is 10.9. The summed E-state index contributed by atoms with van der Waals surface area (Å²) < 4.78 is 1.88. The van der Waals surface area contributed by atoms with Crippen LogP contribution in [0.1, 0.15) is 38.3 Å². The molecule has 1 fully saturated rings. The van der Waals surface area contributed by atoms with Crippen molar-refractivity contribution in [3.8, 4) is 0 Å². The zero-order valence-corrected chi connectivity index (χ0v) is 15.6. The van der Waals surface area contributed by atoms with E-state index in [9.17, 15) is 0 Å². The molecule has 0 atom stereocenters. The molecule has 0 radical (unpaired) electrons. The molecule has 1 aromatic rings. The van der Waals surface area contributed by atoms with Gasteiger partial charge >= 0.3 is 0 Å². The Hall–Kier alpha value is -0.790. The highest BCUT2D eigenvalue weighted by Crippen LogP contribution is 2.27. The third kappa shape index (κ3) is 5.84. The van der Waals surface area contributed by atoms with E-state index in [1.165, 1.54) is 25.7 Å². The van der Waals surface area contributed by atoms with Gasteiger partial charge in [0.05, 0.1) is 12.2 Å². The van der Waals surface area contributed by atoms with E-state index in [1.807, 2.05) is 31.0 Å². The zero-order chi connectivity index (χ0) is 14.4. The highest BCUT2D eigenvalue weighted by Gasteiger charge is 2.18. The molecule has 0 aromatic carbocycles. The summed E-state index contributed by atoms with van der Waals surface area (Å²) in [6.45, 7) is 4.13. The van der Waals surface area contributed by atoms with Crippen molar-refractivity contribution in [3.63, 3.8) is 0 Å². The second kappa shape index (κ2) is 9.27. The number of hydrogen-bond donors (Lipinski definition) is 2. The van der Waals surface area contributed by atoms with Gasteiger partial charge in [0.25, 0.3) is 0 Å². The van der Waals surface area contributed by atoms with Crippen LogP contribution in [0.4, 0.5) is 0 Å². The summed E-state index contributed by atoms with van der Waals surface area (Å²) >= 11 is 0. The summed E-state index contributed by atoms with van der Waals surface area (Å²) in [6.07, 6.45) is 7.23. The quantitative estimate of drug-likeness (QED) is 0.460. The van der Waals surface area contributed by atoms with E-state index in [-0.39, 0.29) is 24.0 Å². The van der Waals surface area contributed by atoms with Gasteiger partial charge in [-0.15, -0.1) is 24.0 Å². The number of rotatable bonds is 4. The van der Waals surface area contributed by atoms with E-state index in [1.54, 1.807) is 0 Å². The monoisotopic (exact) mass is 405 g/mol.